The average molecular weight is 231 g/mol. The van der Waals surface area contributed by atoms with Gasteiger partial charge in [0.05, 0.1) is 6.10 Å². The fourth-order valence-corrected chi connectivity index (χ4v) is 2.63. The van der Waals surface area contributed by atoms with Crippen LogP contribution >= 0.6 is 11.8 Å². The fourth-order valence-electron chi connectivity index (χ4n) is 2.13. The van der Waals surface area contributed by atoms with Crippen LogP contribution in [0.25, 0.3) is 0 Å². The van der Waals surface area contributed by atoms with Crippen molar-refractivity contribution in [1.29, 1.82) is 0 Å². The molecule has 0 aliphatic heterocycles. The zero-order chi connectivity index (χ0) is 10.9. The standard InChI is InChI=1S/C12H25NOS/c1-15-10-4-2-3-9-13-11-5-7-12(14)8-6-11/h11-14H,2-10H2,1H3. The van der Waals surface area contributed by atoms with Gasteiger partial charge in [0.2, 0.25) is 0 Å². The lowest BCUT2D eigenvalue weighted by atomic mass is 9.93. The number of aliphatic hydroxyl groups excluding tert-OH is 1. The summed E-state index contributed by atoms with van der Waals surface area (Å²) in [7, 11) is 0. The van der Waals surface area contributed by atoms with Crippen LogP contribution < -0.4 is 5.32 Å². The van der Waals surface area contributed by atoms with Crippen molar-refractivity contribution in [2.45, 2.75) is 57.1 Å². The van der Waals surface area contributed by atoms with E-state index in [4.69, 9.17) is 0 Å². The maximum Gasteiger partial charge on any atom is 0.0541 e. The second kappa shape index (κ2) is 8.43. The maximum atomic E-state index is 9.37. The predicted octanol–water partition coefficient (Wildman–Crippen LogP) is 2.41. The van der Waals surface area contributed by atoms with Crippen LogP contribution in [0.5, 0.6) is 0 Å². The predicted molar refractivity (Wildman–Crippen MR) is 68.5 cm³/mol. The molecule has 90 valence electrons. The lowest BCUT2D eigenvalue weighted by molar-refractivity contribution is 0.117. The number of thioether (sulfide) groups is 1. The fraction of sp³-hybridized carbons (Fsp3) is 1.00. The van der Waals surface area contributed by atoms with Gasteiger partial charge in [-0.3, -0.25) is 0 Å². The highest BCUT2D eigenvalue weighted by molar-refractivity contribution is 7.98. The molecule has 1 aliphatic rings. The lowest BCUT2D eigenvalue weighted by Crippen LogP contribution is -2.35. The molecular formula is C12H25NOS. The molecule has 0 aromatic rings. The molecule has 2 N–H and O–H groups in total. The van der Waals surface area contributed by atoms with Crippen molar-refractivity contribution in [1.82, 2.24) is 5.32 Å². The van der Waals surface area contributed by atoms with Gasteiger partial charge in [-0.25, -0.2) is 0 Å². The number of hydrogen-bond acceptors (Lipinski definition) is 3. The van der Waals surface area contributed by atoms with E-state index >= 15 is 0 Å². The molecule has 1 aliphatic carbocycles. The SMILES string of the molecule is CSCCCCCNC1CCC(O)CC1. The molecular weight excluding hydrogens is 206 g/mol. The summed E-state index contributed by atoms with van der Waals surface area (Å²) in [5, 5.41) is 13.0. The van der Waals surface area contributed by atoms with Crippen molar-refractivity contribution < 1.29 is 5.11 Å². The molecule has 1 saturated carbocycles. The third-order valence-electron chi connectivity index (χ3n) is 3.15. The summed E-state index contributed by atoms with van der Waals surface area (Å²) >= 11 is 1.94. The summed E-state index contributed by atoms with van der Waals surface area (Å²) in [6.07, 6.45) is 10.5. The van der Waals surface area contributed by atoms with E-state index in [-0.39, 0.29) is 6.10 Å². The van der Waals surface area contributed by atoms with Gasteiger partial charge in [0.1, 0.15) is 0 Å². The first-order valence-electron chi connectivity index (χ1n) is 6.23. The molecule has 0 saturated heterocycles. The Labute approximate surface area is 98.2 Å². The number of hydrogen-bond donors (Lipinski definition) is 2. The molecule has 0 unspecified atom stereocenters. The molecule has 0 bridgehead atoms. The highest BCUT2D eigenvalue weighted by Gasteiger charge is 2.18. The van der Waals surface area contributed by atoms with Gasteiger partial charge in [-0.2, -0.15) is 11.8 Å². The van der Waals surface area contributed by atoms with Crippen LogP contribution in [0.2, 0.25) is 0 Å². The van der Waals surface area contributed by atoms with Crippen molar-refractivity contribution in [3.8, 4) is 0 Å². The Bertz CT molecular complexity index is 147. The highest BCUT2D eigenvalue weighted by atomic mass is 32.2. The Hall–Kier alpha value is 0.270. The van der Waals surface area contributed by atoms with E-state index in [1.807, 2.05) is 11.8 Å². The number of rotatable bonds is 7. The van der Waals surface area contributed by atoms with Crippen LogP contribution in [0.1, 0.15) is 44.9 Å². The average Bonchev–Trinajstić information content (AvgIpc) is 2.26. The number of aliphatic hydroxyl groups is 1. The summed E-state index contributed by atoms with van der Waals surface area (Å²) in [4.78, 5) is 0. The zero-order valence-electron chi connectivity index (χ0n) is 9.87. The monoisotopic (exact) mass is 231 g/mol. The molecule has 0 amide bonds. The summed E-state index contributed by atoms with van der Waals surface area (Å²) in [5.74, 6) is 1.30. The van der Waals surface area contributed by atoms with E-state index in [2.05, 4.69) is 11.6 Å². The lowest BCUT2D eigenvalue weighted by Gasteiger charge is -2.26. The zero-order valence-corrected chi connectivity index (χ0v) is 10.7. The molecule has 1 fully saturated rings. The molecule has 0 spiro atoms. The Morgan fingerprint density at radius 1 is 1.13 bits per heavy atom. The first-order chi connectivity index (χ1) is 7.33. The van der Waals surface area contributed by atoms with Crippen LogP contribution in [0.3, 0.4) is 0 Å². The molecule has 0 radical (unpaired) electrons. The minimum absolute atomic E-state index is 0.0235. The molecule has 0 atom stereocenters. The van der Waals surface area contributed by atoms with Gasteiger partial charge >= 0.3 is 0 Å². The van der Waals surface area contributed by atoms with Crippen molar-refractivity contribution in [2.75, 3.05) is 18.6 Å². The Morgan fingerprint density at radius 2 is 1.87 bits per heavy atom. The van der Waals surface area contributed by atoms with Crippen LogP contribution in [0.15, 0.2) is 0 Å². The Balaban J connectivity index is 1.87. The van der Waals surface area contributed by atoms with E-state index < -0.39 is 0 Å². The van der Waals surface area contributed by atoms with E-state index in [0.717, 1.165) is 32.2 Å². The van der Waals surface area contributed by atoms with E-state index in [1.165, 1.54) is 25.0 Å². The van der Waals surface area contributed by atoms with Gasteiger partial charge in [0.15, 0.2) is 0 Å². The van der Waals surface area contributed by atoms with Crippen LogP contribution in [0.4, 0.5) is 0 Å². The minimum Gasteiger partial charge on any atom is -0.393 e. The second-order valence-electron chi connectivity index (χ2n) is 4.51. The Morgan fingerprint density at radius 3 is 2.53 bits per heavy atom. The van der Waals surface area contributed by atoms with E-state index in [1.54, 1.807) is 0 Å². The van der Waals surface area contributed by atoms with Crippen molar-refractivity contribution in [3.63, 3.8) is 0 Å². The summed E-state index contributed by atoms with van der Waals surface area (Å²) in [5.41, 5.74) is 0. The molecule has 0 aromatic carbocycles. The van der Waals surface area contributed by atoms with Crippen LogP contribution in [-0.2, 0) is 0 Å². The molecule has 3 heteroatoms. The first kappa shape index (κ1) is 13.3. The molecule has 2 nitrogen and oxygen atoms in total. The minimum atomic E-state index is -0.0235. The summed E-state index contributed by atoms with van der Waals surface area (Å²) in [6.45, 7) is 1.16. The highest BCUT2D eigenvalue weighted by Crippen LogP contribution is 2.18. The topological polar surface area (TPSA) is 32.3 Å². The summed E-state index contributed by atoms with van der Waals surface area (Å²) in [6, 6.07) is 0.675. The quantitative estimate of drug-likeness (QED) is 0.660. The van der Waals surface area contributed by atoms with Crippen molar-refractivity contribution in [2.24, 2.45) is 0 Å². The van der Waals surface area contributed by atoms with Crippen LogP contribution in [0, 0.1) is 0 Å². The molecule has 0 aromatic heterocycles. The smallest absolute Gasteiger partial charge is 0.0541 e. The second-order valence-corrected chi connectivity index (χ2v) is 5.50. The van der Waals surface area contributed by atoms with Gasteiger partial charge in [-0.1, -0.05) is 6.42 Å². The van der Waals surface area contributed by atoms with Crippen LogP contribution in [-0.4, -0.2) is 35.8 Å². The van der Waals surface area contributed by atoms with Gasteiger partial charge in [-0.05, 0) is 57.1 Å². The third-order valence-corrected chi connectivity index (χ3v) is 3.85. The Kier molecular flexibility index (Phi) is 7.49. The van der Waals surface area contributed by atoms with E-state index in [9.17, 15) is 5.11 Å². The van der Waals surface area contributed by atoms with Gasteiger partial charge < -0.3 is 10.4 Å². The molecule has 1 rings (SSSR count). The first-order valence-corrected chi connectivity index (χ1v) is 7.62. The number of nitrogens with one attached hydrogen (secondary N) is 1. The van der Waals surface area contributed by atoms with Gasteiger partial charge in [-0.15, -0.1) is 0 Å². The van der Waals surface area contributed by atoms with E-state index in [0.29, 0.717) is 6.04 Å². The van der Waals surface area contributed by atoms with Gasteiger partial charge in [0.25, 0.3) is 0 Å². The van der Waals surface area contributed by atoms with Crippen molar-refractivity contribution >= 4 is 11.8 Å². The maximum absolute atomic E-state index is 9.37. The third kappa shape index (κ3) is 6.44. The molecule has 0 heterocycles. The molecule has 15 heavy (non-hydrogen) atoms. The largest absolute Gasteiger partial charge is 0.393 e. The van der Waals surface area contributed by atoms with Gasteiger partial charge in [0, 0.05) is 6.04 Å². The normalized spacial score (nSPS) is 26.8. The number of unbranched alkanes of at least 4 members (excludes halogenated alkanes) is 2. The summed E-state index contributed by atoms with van der Waals surface area (Å²) < 4.78 is 0. The van der Waals surface area contributed by atoms with Crippen molar-refractivity contribution in [3.05, 3.63) is 0 Å².